The summed E-state index contributed by atoms with van der Waals surface area (Å²) in [5.74, 6) is 0.234. The number of nitrogens with one attached hydrogen (secondary N) is 2. The number of aromatic nitrogens is 2. The number of aromatic amines is 2. The van der Waals surface area contributed by atoms with Crippen LogP contribution in [-0.4, -0.2) is 46.0 Å². The van der Waals surface area contributed by atoms with Crippen molar-refractivity contribution in [3.63, 3.8) is 0 Å². The summed E-state index contributed by atoms with van der Waals surface area (Å²) in [6.07, 6.45) is 2.45. The number of carbonyl (C=O) groups is 2. The molecular formula is C23H20ClN5O3. The van der Waals surface area contributed by atoms with Gasteiger partial charge >= 0.3 is 6.03 Å². The molecule has 0 fully saturated rings. The number of rotatable bonds is 2. The van der Waals surface area contributed by atoms with E-state index in [1.54, 1.807) is 22.1 Å². The highest BCUT2D eigenvalue weighted by Crippen LogP contribution is 2.45. The number of aromatic hydroxyl groups is 1. The first-order chi connectivity index (χ1) is 15.5. The number of nitrogens with two attached hydrogens (primary N) is 1. The Morgan fingerprint density at radius 3 is 2.78 bits per heavy atom. The monoisotopic (exact) mass is 449 g/mol. The van der Waals surface area contributed by atoms with Crippen molar-refractivity contribution >= 4 is 56.7 Å². The fraction of sp³-hybridized carbons (Fsp3) is 0.217. The van der Waals surface area contributed by atoms with Gasteiger partial charge < -0.3 is 25.7 Å². The van der Waals surface area contributed by atoms with E-state index in [0.29, 0.717) is 42.3 Å². The molecule has 9 heteroatoms. The quantitative estimate of drug-likeness (QED) is 0.349. The van der Waals surface area contributed by atoms with Crippen molar-refractivity contribution in [3.8, 4) is 5.75 Å². The second-order valence-electron chi connectivity index (χ2n) is 8.31. The van der Waals surface area contributed by atoms with Gasteiger partial charge in [-0.15, -0.1) is 11.6 Å². The number of phenolic OH excluding ortho intramolecular Hbond substituents is 1. The zero-order chi connectivity index (χ0) is 22.1. The normalized spacial score (nSPS) is 17.3. The fourth-order valence-corrected chi connectivity index (χ4v) is 5.46. The van der Waals surface area contributed by atoms with Gasteiger partial charge in [-0.05, 0) is 41.8 Å². The van der Waals surface area contributed by atoms with Gasteiger partial charge in [0.2, 0.25) is 0 Å². The van der Waals surface area contributed by atoms with Gasteiger partial charge in [-0.3, -0.25) is 9.69 Å². The number of amides is 3. The van der Waals surface area contributed by atoms with Crippen molar-refractivity contribution < 1.29 is 14.7 Å². The van der Waals surface area contributed by atoms with Gasteiger partial charge in [-0.25, -0.2) is 4.79 Å². The van der Waals surface area contributed by atoms with Gasteiger partial charge in [0.05, 0.1) is 11.2 Å². The molecule has 0 aliphatic carbocycles. The first-order valence-corrected chi connectivity index (χ1v) is 10.9. The molecule has 0 spiro atoms. The number of urea groups is 1. The van der Waals surface area contributed by atoms with Gasteiger partial charge in [0.15, 0.2) is 0 Å². The van der Waals surface area contributed by atoms with Crippen LogP contribution in [0.25, 0.3) is 21.8 Å². The fourth-order valence-electron chi connectivity index (χ4n) is 5.21. The summed E-state index contributed by atoms with van der Waals surface area (Å²) in [5, 5.41) is 12.3. The van der Waals surface area contributed by atoms with Crippen LogP contribution >= 0.6 is 11.6 Å². The van der Waals surface area contributed by atoms with Gasteiger partial charge in [-0.2, -0.15) is 0 Å². The van der Waals surface area contributed by atoms with Crippen molar-refractivity contribution in [1.29, 1.82) is 0 Å². The van der Waals surface area contributed by atoms with Crippen LogP contribution in [0.5, 0.6) is 5.75 Å². The Labute approximate surface area is 187 Å². The third-order valence-corrected chi connectivity index (χ3v) is 7.01. The number of alkyl halides is 1. The first-order valence-electron chi connectivity index (χ1n) is 10.4. The van der Waals surface area contributed by atoms with Crippen LogP contribution in [0.3, 0.4) is 0 Å². The van der Waals surface area contributed by atoms with Crippen molar-refractivity contribution in [3.05, 3.63) is 53.3 Å². The first kappa shape index (κ1) is 19.1. The minimum atomic E-state index is -0.480. The highest BCUT2D eigenvalue weighted by molar-refractivity contribution is 6.19. The van der Waals surface area contributed by atoms with E-state index in [4.69, 9.17) is 17.3 Å². The van der Waals surface area contributed by atoms with Crippen LogP contribution in [0.2, 0.25) is 0 Å². The average molecular weight is 450 g/mol. The second kappa shape index (κ2) is 6.67. The summed E-state index contributed by atoms with van der Waals surface area (Å²) in [4.78, 5) is 34.8. The van der Waals surface area contributed by atoms with Crippen LogP contribution in [0, 0.1) is 0 Å². The molecule has 2 aromatic heterocycles. The predicted octanol–water partition coefficient (Wildman–Crippen LogP) is 3.78. The molecule has 0 unspecified atom stereocenters. The van der Waals surface area contributed by atoms with Crippen LogP contribution in [0.4, 0.5) is 16.2 Å². The topological polar surface area (TPSA) is 118 Å². The lowest BCUT2D eigenvalue weighted by Crippen LogP contribution is -2.33. The number of nitrogens with zero attached hydrogens (tertiary/aromatic N) is 2. The average Bonchev–Trinajstić information content (AvgIpc) is 3.55. The Balaban J connectivity index is 1.44. The zero-order valence-corrected chi connectivity index (χ0v) is 17.7. The summed E-state index contributed by atoms with van der Waals surface area (Å²) >= 11 is 6.27. The third kappa shape index (κ3) is 2.50. The molecule has 0 saturated heterocycles. The molecule has 5 N–H and O–H groups in total. The molecule has 6 rings (SSSR count). The molecule has 4 aromatic rings. The van der Waals surface area contributed by atoms with Gasteiger partial charge in [-0.1, -0.05) is 0 Å². The highest BCUT2D eigenvalue weighted by Gasteiger charge is 2.36. The van der Waals surface area contributed by atoms with Crippen molar-refractivity contribution in [2.75, 3.05) is 28.8 Å². The lowest BCUT2D eigenvalue weighted by Gasteiger charge is -2.17. The summed E-state index contributed by atoms with van der Waals surface area (Å²) in [7, 11) is 0. The Hall–Kier alpha value is -3.65. The number of hydrogen-bond donors (Lipinski definition) is 4. The molecule has 4 heterocycles. The number of halogens is 1. The summed E-state index contributed by atoms with van der Waals surface area (Å²) in [5.41, 5.74) is 10.8. The van der Waals surface area contributed by atoms with Crippen LogP contribution < -0.4 is 15.5 Å². The van der Waals surface area contributed by atoms with Crippen LogP contribution in [0.15, 0.2) is 36.5 Å². The van der Waals surface area contributed by atoms with Crippen molar-refractivity contribution in [1.82, 2.24) is 9.97 Å². The van der Waals surface area contributed by atoms with E-state index in [0.717, 1.165) is 33.1 Å². The lowest BCUT2D eigenvalue weighted by atomic mass is 9.99. The molecule has 32 heavy (non-hydrogen) atoms. The highest BCUT2D eigenvalue weighted by atomic mass is 35.5. The van der Waals surface area contributed by atoms with E-state index >= 15 is 0 Å². The van der Waals surface area contributed by atoms with Crippen LogP contribution in [0.1, 0.15) is 27.5 Å². The van der Waals surface area contributed by atoms with Gasteiger partial charge in [0, 0.05) is 59.1 Å². The number of phenols is 1. The molecule has 0 saturated carbocycles. The van der Waals surface area contributed by atoms with E-state index in [2.05, 4.69) is 9.97 Å². The lowest BCUT2D eigenvalue weighted by molar-refractivity contribution is 0.0984. The largest absolute Gasteiger partial charge is 0.506 e. The molecule has 2 aliphatic heterocycles. The van der Waals surface area contributed by atoms with E-state index in [-0.39, 0.29) is 17.6 Å². The Kier molecular flexibility index (Phi) is 3.98. The van der Waals surface area contributed by atoms with Gasteiger partial charge in [0.25, 0.3) is 5.91 Å². The number of primary amides is 1. The number of benzene rings is 2. The molecule has 3 amide bonds. The number of carbonyl (C=O) groups excluding carboxylic acids is 2. The summed E-state index contributed by atoms with van der Waals surface area (Å²) < 4.78 is 0. The molecule has 162 valence electrons. The molecule has 1 atom stereocenters. The molecule has 8 nitrogen and oxygen atoms in total. The Morgan fingerprint density at radius 1 is 1.16 bits per heavy atom. The molecular weight excluding hydrogens is 430 g/mol. The van der Waals surface area contributed by atoms with E-state index in [1.165, 1.54) is 0 Å². The third-order valence-electron chi connectivity index (χ3n) is 6.64. The number of fused-ring (bicyclic) bond motifs is 6. The number of anilines is 2. The number of hydrogen-bond acceptors (Lipinski definition) is 3. The SMILES string of the molecule is NC(=O)N1CCc2c1ccc1[nH]c(C(=O)N3C[C@H](CCl)c4c3cc(O)c3[nH]ccc43)cc21. The maximum absolute atomic E-state index is 13.6. The van der Waals surface area contributed by atoms with E-state index in [1.807, 2.05) is 24.3 Å². The van der Waals surface area contributed by atoms with Gasteiger partial charge in [0.1, 0.15) is 11.4 Å². The zero-order valence-electron chi connectivity index (χ0n) is 17.0. The maximum Gasteiger partial charge on any atom is 0.319 e. The smallest absolute Gasteiger partial charge is 0.319 e. The standard InChI is InChI=1S/C23H20ClN5O3/c24-9-11-10-29(18-8-19(30)21-13(20(11)18)3-5-26-21)22(31)16-7-14-12-4-6-28(23(25)32)17(12)2-1-15(14)27-16/h1-3,5,7-8,11,26-27,30H,4,6,9-10H2,(H2,25,32)/t11-/m0/s1. The number of H-pyrrole nitrogens is 2. The predicted molar refractivity (Wildman–Crippen MR) is 124 cm³/mol. The van der Waals surface area contributed by atoms with E-state index < -0.39 is 6.03 Å². The Bertz CT molecular complexity index is 1440. The van der Waals surface area contributed by atoms with Crippen LogP contribution in [-0.2, 0) is 6.42 Å². The Morgan fingerprint density at radius 2 is 2.00 bits per heavy atom. The molecule has 0 bridgehead atoms. The van der Waals surface area contributed by atoms with Crippen molar-refractivity contribution in [2.45, 2.75) is 12.3 Å². The maximum atomic E-state index is 13.6. The summed E-state index contributed by atoms with van der Waals surface area (Å²) in [6, 6.07) is 8.60. The minimum Gasteiger partial charge on any atom is -0.506 e. The molecule has 2 aliphatic rings. The van der Waals surface area contributed by atoms with Crippen molar-refractivity contribution in [2.24, 2.45) is 5.73 Å². The summed E-state index contributed by atoms with van der Waals surface area (Å²) in [6.45, 7) is 0.964. The minimum absolute atomic E-state index is 0.0349. The second-order valence-corrected chi connectivity index (χ2v) is 8.62. The molecule has 0 radical (unpaired) electrons. The van der Waals surface area contributed by atoms with E-state index in [9.17, 15) is 14.7 Å². The molecule has 2 aromatic carbocycles.